The van der Waals surface area contributed by atoms with Gasteiger partial charge in [-0.15, -0.1) is 0 Å². The molecule has 3 aliphatic rings. The number of esters is 1. The van der Waals surface area contributed by atoms with Gasteiger partial charge in [0.25, 0.3) is 0 Å². The van der Waals surface area contributed by atoms with Crippen molar-refractivity contribution in [2.75, 3.05) is 0 Å². The molecule has 2 fully saturated rings. The molecule has 3 unspecified atom stereocenters. The number of H-pyrrole nitrogens is 3. The van der Waals surface area contributed by atoms with Crippen LogP contribution in [-0.4, -0.2) is 54.3 Å². The van der Waals surface area contributed by atoms with Gasteiger partial charge in [-0.25, -0.2) is 0 Å². The largest absolute Gasteiger partial charge is 0.481 e. The molecular formula is C34H38N4O5. The maximum atomic E-state index is 12.6. The van der Waals surface area contributed by atoms with Gasteiger partial charge in [-0.2, -0.15) is 0 Å². The van der Waals surface area contributed by atoms with Gasteiger partial charge in [0.1, 0.15) is 5.60 Å². The normalized spacial score (nSPS) is 27.0. The van der Waals surface area contributed by atoms with Gasteiger partial charge in [-0.1, -0.05) is 25.3 Å². The Morgan fingerprint density at radius 2 is 1.70 bits per heavy atom. The Bertz CT molecular complexity index is 1860. The Morgan fingerprint density at radius 3 is 2.35 bits per heavy atom. The van der Waals surface area contributed by atoms with Crippen molar-refractivity contribution in [2.24, 2.45) is 0 Å². The number of hydrogen-bond donors (Lipinski definition) is 6. The highest BCUT2D eigenvalue weighted by molar-refractivity contribution is 5.76. The lowest BCUT2D eigenvalue weighted by Gasteiger charge is -2.37. The summed E-state index contributed by atoms with van der Waals surface area (Å²) in [6.07, 6.45) is 10.8. The van der Waals surface area contributed by atoms with Crippen molar-refractivity contribution in [2.45, 2.75) is 77.0 Å². The zero-order valence-electron chi connectivity index (χ0n) is 25.0. The van der Waals surface area contributed by atoms with Gasteiger partial charge in [0.05, 0.1) is 11.7 Å². The molecule has 9 heteroatoms. The number of hydrogen-bond acceptors (Lipinski definition) is 5. The van der Waals surface area contributed by atoms with Gasteiger partial charge in [0.15, 0.2) is 5.60 Å². The third kappa shape index (κ3) is 4.33. The minimum atomic E-state index is -1.45. The van der Waals surface area contributed by atoms with Crippen LogP contribution in [0, 0.1) is 20.8 Å². The van der Waals surface area contributed by atoms with Crippen molar-refractivity contribution in [3.05, 3.63) is 85.7 Å². The molecule has 224 valence electrons. The number of aliphatic carboxylic acids is 1. The first-order valence-corrected chi connectivity index (χ1v) is 14.6. The molecule has 1 spiro atoms. The average molecular weight is 583 g/mol. The fourth-order valence-corrected chi connectivity index (χ4v) is 7.12. The lowest BCUT2D eigenvalue weighted by molar-refractivity contribution is -0.163. The summed E-state index contributed by atoms with van der Waals surface area (Å²) >= 11 is 0. The Hall–Kier alpha value is -4.50. The third-order valence-electron chi connectivity index (χ3n) is 9.74. The van der Waals surface area contributed by atoms with Crippen LogP contribution in [0.25, 0.3) is 30.4 Å². The molecule has 0 radical (unpaired) electrons. The maximum Gasteiger partial charge on any atom is 0.307 e. The molecule has 6 rings (SSSR count). The molecular weight excluding hydrogens is 544 g/mol. The second kappa shape index (κ2) is 10.1. The summed E-state index contributed by atoms with van der Waals surface area (Å²) in [5, 5.41) is 27.0. The fraction of sp³-hybridized carbons (Fsp3) is 0.353. The van der Waals surface area contributed by atoms with E-state index < -0.39 is 23.2 Å². The molecule has 3 atom stereocenters. The second-order valence-electron chi connectivity index (χ2n) is 12.1. The van der Waals surface area contributed by atoms with Crippen LogP contribution in [0.2, 0.25) is 0 Å². The van der Waals surface area contributed by atoms with E-state index in [4.69, 9.17) is 4.74 Å². The molecule has 9 nitrogen and oxygen atoms in total. The molecule has 0 saturated carbocycles. The number of aliphatic hydroxyl groups is 1. The summed E-state index contributed by atoms with van der Waals surface area (Å²) in [6.45, 7) is 15.9. The van der Waals surface area contributed by atoms with Gasteiger partial charge < -0.3 is 35.2 Å². The Balaban J connectivity index is 1.67. The van der Waals surface area contributed by atoms with Crippen molar-refractivity contribution < 1.29 is 24.5 Å². The van der Waals surface area contributed by atoms with Gasteiger partial charge >= 0.3 is 11.9 Å². The Labute approximate surface area is 249 Å². The Kier molecular flexibility index (Phi) is 6.69. The van der Waals surface area contributed by atoms with Crippen LogP contribution in [0.4, 0.5) is 0 Å². The van der Waals surface area contributed by atoms with Gasteiger partial charge in [-0.05, 0) is 80.2 Å². The first-order chi connectivity index (χ1) is 20.4. The molecule has 3 aliphatic heterocycles. The fourth-order valence-electron chi connectivity index (χ4n) is 7.12. The zero-order chi connectivity index (χ0) is 30.8. The van der Waals surface area contributed by atoms with Crippen LogP contribution >= 0.6 is 0 Å². The summed E-state index contributed by atoms with van der Waals surface area (Å²) in [5.74, 6) is -1.25. The highest BCUT2D eigenvalue weighted by Gasteiger charge is 2.64. The van der Waals surface area contributed by atoms with Gasteiger partial charge in [0.2, 0.25) is 0 Å². The van der Waals surface area contributed by atoms with Gasteiger partial charge in [0, 0.05) is 64.7 Å². The van der Waals surface area contributed by atoms with E-state index in [9.17, 15) is 19.8 Å². The number of ether oxygens (including phenoxy) is 1. The molecule has 2 saturated heterocycles. The van der Waals surface area contributed by atoms with Crippen LogP contribution in [0.1, 0.15) is 82.3 Å². The number of carboxylic acids is 1. The maximum absolute atomic E-state index is 12.6. The summed E-state index contributed by atoms with van der Waals surface area (Å²) in [5.41, 5.74) is 7.02. The van der Waals surface area contributed by atoms with Crippen molar-refractivity contribution >= 4 is 42.3 Å². The van der Waals surface area contributed by atoms with E-state index in [1.165, 1.54) is 0 Å². The minimum absolute atomic E-state index is 0.0396. The second-order valence-corrected chi connectivity index (χ2v) is 12.1. The van der Waals surface area contributed by atoms with Crippen LogP contribution < -0.4 is 16.0 Å². The lowest BCUT2D eigenvalue weighted by Crippen LogP contribution is -2.54. The molecule has 43 heavy (non-hydrogen) atoms. The van der Waals surface area contributed by atoms with Crippen LogP contribution in [-0.2, 0) is 27.2 Å². The number of fused-ring (bicyclic) bond motifs is 9. The predicted molar refractivity (Wildman–Crippen MR) is 166 cm³/mol. The number of rotatable bonds is 5. The first kappa shape index (κ1) is 28.6. The number of carbonyl (C=O) groups excluding carboxylic acids is 1. The first-order valence-electron chi connectivity index (χ1n) is 14.6. The van der Waals surface area contributed by atoms with Crippen molar-refractivity contribution in [1.82, 2.24) is 20.3 Å². The average Bonchev–Trinajstić information content (AvgIpc) is 3.69. The molecule has 3 aromatic heterocycles. The molecule has 6 N–H and O–H groups in total. The lowest BCUT2D eigenvalue weighted by atomic mass is 9.78. The molecule has 6 heterocycles. The van der Waals surface area contributed by atoms with Crippen molar-refractivity contribution in [1.29, 1.82) is 0 Å². The number of aromatic amines is 3. The molecule has 0 aliphatic carbocycles. The van der Waals surface area contributed by atoms with Crippen LogP contribution in [0.15, 0.2) is 18.9 Å². The summed E-state index contributed by atoms with van der Waals surface area (Å²) < 4.78 is 5.99. The number of carboxylic acid groups (broad SMARTS) is 1. The smallest absolute Gasteiger partial charge is 0.307 e. The van der Waals surface area contributed by atoms with E-state index in [2.05, 4.69) is 39.5 Å². The highest BCUT2D eigenvalue weighted by atomic mass is 16.6. The van der Waals surface area contributed by atoms with Gasteiger partial charge in [-0.3, -0.25) is 9.59 Å². The van der Waals surface area contributed by atoms with Crippen molar-refractivity contribution in [3.63, 3.8) is 0 Å². The monoisotopic (exact) mass is 582 g/mol. The van der Waals surface area contributed by atoms with E-state index in [0.29, 0.717) is 30.7 Å². The van der Waals surface area contributed by atoms with E-state index in [-0.39, 0.29) is 18.8 Å². The number of carbonyl (C=O) groups is 2. The van der Waals surface area contributed by atoms with Crippen molar-refractivity contribution in [3.8, 4) is 0 Å². The SMILES string of the molecule is C=Cc1c2[nH]c(c1C)/C=c1\[nH]/c(c(C)c1C=C)=C\c1[nH]c(c(CCC(=O)O)c1C)/C=C1\NC(C2)C(C)(O)C12CCC(=O)O2. The highest BCUT2D eigenvalue weighted by Crippen LogP contribution is 2.49. The van der Waals surface area contributed by atoms with E-state index in [1.807, 2.05) is 45.1 Å². The standard InChI is InChI=1S/C34H38N4O5/c1-7-20-17(3)23-13-24-19(5)22(9-10-31(39)40)28(37-24)16-30-34(12-11-32(41)43-34)33(6,42)29(38-30)15-27-21(8-2)18(4)25(36-27)14-26(20)35-23/h7-8,13-14,16,29,35-38,42H,1-2,9-12,15H2,3-6H3,(H,39,40)/b23-13-,26-14-,30-16-. The topological polar surface area (TPSA) is 143 Å². The van der Waals surface area contributed by atoms with Crippen LogP contribution in [0.5, 0.6) is 0 Å². The third-order valence-corrected chi connectivity index (χ3v) is 9.74. The molecule has 3 aromatic rings. The Morgan fingerprint density at radius 1 is 1.00 bits per heavy atom. The van der Waals surface area contributed by atoms with E-state index >= 15 is 0 Å². The van der Waals surface area contributed by atoms with E-state index in [1.54, 1.807) is 6.92 Å². The van der Waals surface area contributed by atoms with Crippen LogP contribution in [0.3, 0.4) is 0 Å². The quantitative estimate of drug-likeness (QED) is 0.255. The minimum Gasteiger partial charge on any atom is -0.481 e. The molecule has 0 amide bonds. The number of aromatic nitrogens is 3. The molecule has 8 bridgehead atoms. The van der Waals surface area contributed by atoms with E-state index in [0.717, 1.165) is 61.2 Å². The zero-order valence-corrected chi connectivity index (χ0v) is 25.0. The predicted octanol–water partition coefficient (Wildman–Crippen LogP) is 3.25. The summed E-state index contributed by atoms with van der Waals surface area (Å²) in [6, 6.07) is -0.505. The summed E-state index contributed by atoms with van der Waals surface area (Å²) in [7, 11) is 0. The molecule has 0 aromatic carbocycles. The summed E-state index contributed by atoms with van der Waals surface area (Å²) in [4.78, 5) is 34.8. The number of nitrogens with one attached hydrogen (secondary N) is 4.